The van der Waals surface area contributed by atoms with E-state index in [1.54, 1.807) is 0 Å². The lowest BCUT2D eigenvalue weighted by atomic mass is 9.74. The minimum absolute atomic E-state index is 0.342. The lowest BCUT2D eigenvalue weighted by Crippen LogP contribution is -2.49. The zero-order chi connectivity index (χ0) is 15.5. The van der Waals surface area contributed by atoms with Crippen LogP contribution in [0.5, 0.6) is 0 Å². The van der Waals surface area contributed by atoms with Gasteiger partial charge in [-0.1, -0.05) is 38.0 Å². The van der Waals surface area contributed by atoms with Gasteiger partial charge in [-0.2, -0.15) is 0 Å². The van der Waals surface area contributed by atoms with E-state index >= 15 is 0 Å². The van der Waals surface area contributed by atoms with E-state index in [1.807, 2.05) is 6.92 Å². The monoisotopic (exact) mass is 290 g/mol. The van der Waals surface area contributed by atoms with Crippen LogP contribution in [0.15, 0.2) is 18.2 Å². The lowest BCUT2D eigenvalue weighted by molar-refractivity contribution is -0.147. The van der Waals surface area contributed by atoms with Crippen molar-refractivity contribution in [1.29, 1.82) is 0 Å². The summed E-state index contributed by atoms with van der Waals surface area (Å²) in [7, 11) is 0. The van der Waals surface area contributed by atoms with Gasteiger partial charge in [0.1, 0.15) is 0 Å². The molecule has 1 aromatic carbocycles. The summed E-state index contributed by atoms with van der Waals surface area (Å²) in [5, 5.41) is 10.9. The standard InChI is InChI=1S/C19H30O2/c1-5-21-19(10-6-7-14(2)13-19)18(20)12-17-9-8-15(3)16(4)11-17/h8-9,11,14,18,20H,5-7,10,12-13H2,1-4H3. The van der Waals surface area contributed by atoms with Crippen LogP contribution in [-0.2, 0) is 11.2 Å². The Hall–Kier alpha value is -0.860. The van der Waals surface area contributed by atoms with Crippen LogP contribution < -0.4 is 0 Å². The molecular formula is C19H30O2. The fourth-order valence-electron chi connectivity index (χ4n) is 3.70. The van der Waals surface area contributed by atoms with E-state index in [2.05, 4.69) is 39.0 Å². The van der Waals surface area contributed by atoms with E-state index in [9.17, 15) is 5.11 Å². The summed E-state index contributed by atoms with van der Waals surface area (Å²) < 4.78 is 6.08. The predicted molar refractivity (Wildman–Crippen MR) is 87.6 cm³/mol. The van der Waals surface area contributed by atoms with Crippen LogP contribution in [0.25, 0.3) is 0 Å². The van der Waals surface area contributed by atoms with Crippen molar-refractivity contribution in [2.24, 2.45) is 5.92 Å². The molecule has 1 aliphatic rings. The van der Waals surface area contributed by atoms with Crippen molar-refractivity contribution in [3.8, 4) is 0 Å². The highest BCUT2D eigenvalue weighted by molar-refractivity contribution is 5.30. The van der Waals surface area contributed by atoms with Gasteiger partial charge in [-0.25, -0.2) is 0 Å². The van der Waals surface area contributed by atoms with Gasteiger partial charge in [-0.3, -0.25) is 0 Å². The first-order valence-electron chi connectivity index (χ1n) is 8.35. The Kier molecular flexibility index (Phi) is 5.45. The van der Waals surface area contributed by atoms with Gasteiger partial charge in [-0.05, 0) is 56.2 Å². The number of hydrogen-bond acceptors (Lipinski definition) is 2. The summed E-state index contributed by atoms with van der Waals surface area (Å²) in [6.45, 7) is 9.24. The van der Waals surface area contributed by atoms with Gasteiger partial charge in [0, 0.05) is 13.0 Å². The molecule has 2 rings (SSSR count). The summed E-state index contributed by atoms with van der Waals surface area (Å²) in [5.74, 6) is 0.639. The number of aryl methyl sites for hydroxylation is 2. The third kappa shape index (κ3) is 3.87. The van der Waals surface area contributed by atoms with E-state index in [-0.39, 0.29) is 5.60 Å². The van der Waals surface area contributed by atoms with Gasteiger partial charge in [0.15, 0.2) is 0 Å². The lowest BCUT2D eigenvalue weighted by Gasteiger charge is -2.43. The van der Waals surface area contributed by atoms with E-state index in [0.717, 1.165) is 19.3 Å². The highest BCUT2D eigenvalue weighted by Crippen LogP contribution is 2.38. The normalized spacial score (nSPS) is 27.6. The molecule has 2 nitrogen and oxygen atoms in total. The first-order valence-corrected chi connectivity index (χ1v) is 8.35. The Morgan fingerprint density at radius 2 is 2.10 bits per heavy atom. The number of hydrogen-bond donors (Lipinski definition) is 1. The molecule has 1 aromatic rings. The molecule has 1 aliphatic carbocycles. The van der Waals surface area contributed by atoms with Crippen molar-refractivity contribution in [1.82, 2.24) is 0 Å². The van der Waals surface area contributed by atoms with Crippen LogP contribution in [-0.4, -0.2) is 23.4 Å². The van der Waals surface area contributed by atoms with Crippen molar-refractivity contribution in [2.75, 3.05) is 6.61 Å². The fourth-order valence-corrected chi connectivity index (χ4v) is 3.70. The Labute approximate surface area is 129 Å². The smallest absolute Gasteiger partial charge is 0.0945 e. The summed E-state index contributed by atoms with van der Waals surface area (Å²) in [6.07, 6.45) is 4.65. The molecule has 1 saturated carbocycles. The van der Waals surface area contributed by atoms with Crippen LogP contribution in [0.4, 0.5) is 0 Å². The van der Waals surface area contributed by atoms with E-state index in [1.165, 1.54) is 23.1 Å². The first-order chi connectivity index (χ1) is 9.97. The first kappa shape index (κ1) is 16.5. The maximum absolute atomic E-state index is 10.9. The number of rotatable bonds is 5. The second-order valence-electron chi connectivity index (χ2n) is 6.84. The third-order valence-electron chi connectivity index (χ3n) is 5.03. The zero-order valence-corrected chi connectivity index (χ0v) is 14.0. The van der Waals surface area contributed by atoms with Crippen molar-refractivity contribution < 1.29 is 9.84 Å². The van der Waals surface area contributed by atoms with Crippen LogP contribution in [0.3, 0.4) is 0 Å². The molecule has 0 amide bonds. The van der Waals surface area contributed by atoms with Gasteiger partial charge >= 0.3 is 0 Å². The zero-order valence-electron chi connectivity index (χ0n) is 14.0. The Balaban J connectivity index is 2.14. The van der Waals surface area contributed by atoms with Crippen molar-refractivity contribution in [3.05, 3.63) is 34.9 Å². The van der Waals surface area contributed by atoms with E-state index in [4.69, 9.17) is 4.74 Å². The molecule has 1 fully saturated rings. The molecule has 2 heteroatoms. The maximum atomic E-state index is 10.9. The molecule has 1 N–H and O–H groups in total. The van der Waals surface area contributed by atoms with Gasteiger partial charge < -0.3 is 9.84 Å². The Morgan fingerprint density at radius 1 is 1.33 bits per heavy atom. The van der Waals surface area contributed by atoms with E-state index in [0.29, 0.717) is 18.9 Å². The predicted octanol–water partition coefficient (Wildman–Crippen LogP) is 4.19. The van der Waals surface area contributed by atoms with Crippen LogP contribution in [0.2, 0.25) is 0 Å². The second-order valence-corrected chi connectivity index (χ2v) is 6.84. The van der Waals surface area contributed by atoms with Crippen molar-refractivity contribution in [3.63, 3.8) is 0 Å². The molecule has 0 saturated heterocycles. The average molecular weight is 290 g/mol. The number of ether oxygens (including phenoxy) is 1. The molecule has 3 atom stereocenters. The van der Waals surface area contributed by atoms with E-state index < -0.39 is 6.10 Å². The summed E-state index contributed by atoms with van der Waals surface area (Å²) in [6, 6.07) is 6.48. The minimum Gasteiger partial charge on any atom is -0.390 e. The van der Waals surface area contributed by atoms with Gasteiger partial charge in [0.25, 0.3) is 0 Å². The number of aliphatic hydroxyl groups excluding tert-OH is 1. The minimum atomic E-state index is -0.415. The molecule has 21 heavy (non-hydrogen) atoms. The number of benzene rings is 1. The molecule has 0 aromatic heterocycles. The maximum Gasteiger partial charge on any atom is 0.0945 e. The fraction of sp³-hybridized carbons (Fsp3) is 0.684. The van der Waals surface area contributed by atoms with Gasteiger partial charge in [0.2, 0.25) is 0 Å². The highest BCUT2D eigenvalue weighted by atomic mass is 16.5. The van der Waals surface area contributed by atoms with Crippen LogP contribution in [0.1, 0.15) is 56.2 Å². The summed E-state index contributed by atoms with van der Waals surface area (Å²) >= 11 is 0. The van der Waals surface area contributed by atoms with Gasteiger partial charge in [-0.15, -0.1) is 0 Å². The molecule has 0 heterocycles. The molecule has 0 bridgehead atoms. The Morgan fingerprint density at radius 3 is 2.71 bits per heavy atom. The molecule has 0 radical (unpaired) electrons. The molecule has 0 spiro atoms. The van der Waals surface area contributed by atoms with Crippen LogP contribution >= 0.6 is 0 Å². The summed E-state index contributed by atoms with van der Waals surface area (Å²) in [5.41, 5.74) is 3.47. The quantitative estimate of drug-likeness (QED) is 0.881. The largest absolute Gasteiger partial charge is 0.390 e. The van der Waals surface area contributed by atoms with Gasteiger partial charge in [0.05, 0.1) is 11.7 Å². The van der Waals surface area contributed by atoms with Crippen LogP contribution in [0, 0.1) is 19.8 Å². The third-order valence-corrected chi connectivity index (χ3v) is 5.03. The molecule has 0 aliphatic heterocycles. The second kappa shape index (κ2) is 6.93. The SMILES string of the molecule is CCOC1(C(O)Cc2ccc(C)c(C)c2)CCCC(C)C1. The average Bonchev–Trinajstić information content (AvgIpc) is 2.43. The summed E-state index contributed by atoms with van der Waals surface area (Å²) in [4.78, 5) is 0. The topological polar surface area (TPSA) is 29.5 Å². The van der Waals surface area contributed by atoms with Crippen molar-refractivity contribution in [2.45, 2.75) is 71.5 Å². The highest BCUT2D eigenvalue weighted by Gasteiger charge is 2.41. The molecule has 3 unspecified atom stereocenters. The number of aliphatic hydroxyl groups is 1. The van der Waals surface area contributed by atoms with Crippen molar-refractivity contribution >= 4 is 0 Å². The molecular weight excluding hydrogens is 260 g/mol. The Bertz CT molecular complexity index is 465. The molecule has 118 valence electrons.